The van der Waals surface area contributed by atoms with Gasteiger partial charge in [0.25, 0.3) is 0 Å². The van der Waals surface area contributed by atoms with Crippen LogP contribution in [0.4, 0.5) is 0 Å². The van der Waals surface area contributed by atoms with Gasteiger partial charge in [-0.2, -0.15) is 0 Å². The predicted molar refractivity (Wildman–Crippen MR) is 80.0 cm³/mol. The van der Waals surface area contributed by atoms with Crippen LogP contribution < -0.4 is 10.1 Å². The first-order valence-corrected chi connectivity index (χ1v) is 6.75. The molecular weight excluding hydrogens is 281 g/mol. The fourth-order valence-electron chi connectivity index (χ4n) is 1.77. The van der Waals surface area contributed by atoms with Gasteiger partial charge in [-0.15, -0.1) is 0 Å². The van der Waals surface area contributed by atoms with E-state index in [4.69, 9.17) is 27.9 Å². The molecule has 0 radical (unpaired) electrons. The van der Waals surface area contributed by atoms with Crippen LogP contribution in [0.3, 0.4) is 0 Å². The highest BCUT2D eigenvalue weighted by Gasteiger charge is 2.04. The topological polar surface area (TPSA) is 21.3 Å². The van der Waals surface area contributed by atoms with Crippen molar-refractivity contribution < 1.29 is 4.74 Å². The Hall–Kier alpha value is -1.22. The van der Waals surface area contributed by atoms with Gasteiger partial charge in [-0.3, -0.25) is 0 Å². The van der Waals surface area contributed by atoms with E-state index in [9.17, 15) is 0 Å². The SMILES string of the molecule is CNCc1ccccc1OCc1ccc(Cl)c(Cl)c1. The maximum atomic E-state index is 5.98. The Kier molecular flexibility index (Phi) is 5.08. The van der Waals surface area contributed by atoms with Crippen LogP contribution in [0, 0.1) is 0 Å². The average molecular weight is 296 g/mol. The number of benzene rings is 2. The number of hydrogen-bond acceptors (Lipinski definition) is 2. The Balaban J connectivity index is 2.07. The quantitative estimate of drug-likeness (QED) is 0.888. The van der Waals surface area contributed by atoms with E-state index in [2.05, 4.69) is 5.32 Å². The molecule has 0 aliphatic rings. The number of para-hydroxylation sites is 1. The van der Waals surface area contributed by atoms with Crippen LogP contribution in [0.5, 0.6) is 5.75 Å². The lowest BCUT2D eigenvalue weighted by atomic mass is 10.2. The summed E-state index contributed by atoms with van der Waals surface area (Å²) in [6, 6.07) is 13.5. The van der Waals surface area contributed by atoms with Crippen LogP contribution in [0.2, 0.25) is 10.0 Å². The van der Waals surface area contributed by atoms with Crippen LogP contribution in [0.15, 0.2) is 42.5 Å². The molecule has 2 aromatic rings. The minimum Gasteiger partial charge on any atom is -0.489 e. The fourth-order valence-corrected chi connectivity index (χ4v) is 2.09. The Morgan fingerprint density at radius 3 is 2.58 bits per heavy atom. The molecule has 0 heterocycles. The van der Waals surface area contributed by atoms with E-state index in [1.165, 1.54) is 0 Å². The van der Waals surface area contributed by atoms with E-state index in [-0.39, 0.29) is 0 Å². The van der Waals surface area contributed by atoms with E-state index in [1.807, 2.05) is 43.4 Å². The molecule has 2 nitrogen and oxygen atoms in total. The van der Waals surface area contributed by atoms with Crippen LogP contribution in [-0.4, -0.2) is 7.05 Å². The van der Waals surface area contributed by atoms with Gasteiger partial charge in [0.15, 0.2) is 0 Å². The van der Waals surface area contributed by atoms with Gasteiger partial charge in [0.05, 0.1) is 10.0 Å². The van der Waals surface area contributed by atoms with Crippen LogP contribution >= 0.6 is 23.2 Å². The summed E-state index contributed by atoms with van der Waals surface area (Å²) in [6.07, 6.45) is 0. The predicted octanol–water partition coefficient (Wildman–Crippen LogP) is 4.29. The highest BCUT2D eigenvalue weighted by atomic mass is 35.5. The lowest BCUT2D eigenvalue weighted by molar-refractivity contribution is 0.302. The van der Waals surface area contributed by atoms with Gasteiger partial charge in [0.1, 0.15) is 12.4 Å². The zero-order chi connectivity index (χ0) is 13.7. The lowest BCUT2D eigenvalue weighted by Crippen LogP contribution is -2.07. The van der Waals surface area contributed by atoms with Crippen molar-refractivity contribution in [1.29, 1.82) is 0 Å². The molecule has 0 aliphatic heterocycles. The Morgan fingerprint density at radius 1 is 1.05 bits per heavy atom. The Bertz CT molecular complexity index is 558. The van der Waals surface area contributed by atoms with Crippen LogP contribution in [0.25, 0.3) is 0 Å². The molecule has 0 aliphatic carbocycles. The van der Waals surface area contributed by atoms with E-state index < -0.39 is 0 Å². The highest BCUT2D eigenvalue weighted by molar-refractivity contribution is 6.42. The van der Waals surface area contributed by atoms with Crippen molar-refractivity contribution in [3.05, 3.63) is 63.6 Å². The molecule has 2 aromatic carbocycles. The maximum absolute atomic E-state index is 5.98. The van der Waals surface area contributed by atoms with Gasteiger partial charge in [-0.25, -0.2) is 0 Å². The molecule has 0 saturated carbocycles. The summed E-state index contributed by atoms with van der Waals surface area (Å²) >= 11 is 11.9. The summed E-state index contributed by atoms with van der Waals surface area (Å²) in [4.78, 5) is 0. The number of ether oxygens (including phenoxy) is 1. The van der Waals surface area contributed by atoms with Gasteiger partial charge in [-0.05, 0) is 30.8 Å². The second-order valence-corrected chi connectivity index (χ2v) is 4.99. The summed E-state index contributed by atoms with van der Waals surface area (Å²) in [5.74, 6) is 0.878. The third-order valence-corrected chi connectivity index (χ3v) is 3.46. The fraction of sp³-hybridized carbons (Fsp3) is 0.200. The van der Waals surface area contributed by atoms with Crippen molar-refractivity contribution in [1.82, 2.24) is 5.32 Å². The number of hydrogen-bond donors (Lipinski definition) is 1. The van der Waals surface area contributed by atoms with Crippen molar-refractivity contribution in [2.75, 3.05) is 7.05 Å². The van der Waals surface area contributed by atoms with Gasteiger partial charge in [-0.1, -0.05) is 47.5 Å². The summed E-state index contributed by atoms with van der Waals surface area (Å²) in [6.45, 7) is 1.25. The van der Waals surface area contributed by atoms with E-state index in [0.29, 0.717) is 16.7 Å². The number of nitrogens with one attached hydrogen (secondary N) is 1. The molecule has 19 heavy (non-hydrogen) atoms. The third-order valence-electron chi connectivity index (χ3n) is 2.72. The largest absolute Gasteiger partial charge is 0.489 e. The van der Waals surface area contributed by atoms with Crippen molar-refractivity contribution in [3.8, 4) is 5.75 Å². The molecule has 1 N–H and O–H groups in total. The second-order valence-electron chi connectivity index (χ2n) is 4.18. The smallest absolute Gasteiger partial charge is 0.124 e. The van der Waals surface area contributed by atoms with Crippen molar-refractivity contribution in [3.63, 3.8) is 0 Å². The first kappa shape index (κ1) is 14.2. The highest BCUT2D eigenvalue weighted by Crippen LogP contribution is 2.24. The summed E-state index contributed by atoms with van der Waals surface area (Å²) < 4.78 is 5.83. The molecule has 0 spiro atoms. The van der Waals surface area contributed by atoms with Gasteiger partial charge in [0, 0.05) is 12.1 Å². The zero-order valence-corrected chi connectivity index (χ0v) is 12.1. The molecule has 2 rings (SSSR count). The second kappa shape index (κ2) is 6.80. The minimum absolute atomic E-state index is 0.470. The molecule has 0 bridgehead atoms. The molecule has 100 valence electrons. The van der Waals surface area contributed by atoms with E-state index >= 15 is 0 Å². The first-order valence-electron chi connectivity index (χ1n) is 6.00. The Morgan fingerprint density at radius 2 is 1.84 bits per heavy atom. The summed E-state index contributed by atoms with van der Waals surface area (Å²) in [5.41, 5.74) is 2.12. The first-order chi connectivity index (χ1) is 9.20. The minimum atomic E-state index is 0.470. The van der Waals surface area contributed by atoms with E-state index in [0.717, 1.165) is 23.4 Å². The van der Waals surface area contributed by atoms with Crippen molar-refractivity contribution in [2.45, 2.75) is 13.2 Å². The molecule has 0 unspecified atom stereocenters. The van der Waals surface area contributed by atoms with Crippen LogP contribution in [0.1, 0.15) is 11.1 Å². The standard InChI is InChI=1S/C15H15Cl2NO/c1-18-9-12-4-2-3-5-15(12)19-10-11-6-7-13(16)14(17)8-11/h2-8,18H,9-10H2,1H3. The van der Waals surface area contributed by atoms with Gasteiger partial charge < -0.3 is 10.1 Å². The van der Waals surface area contributed by atoms with E-state index in [1.54, 1.807) is 6.07 Å². The van der Waals surface area contributed by atoms with Gasteiger partial charge >= 0.3 is 0 Å². The lowest BCUT2D eigenvalue weighted by Gasteiger charge is -2.11. The molecule has 0 fully saturated rings. The Labute approximate surface area is 123 Å². The van der Waals surface area contributed by atoms with Gasteiger partial charge in [0.2, 0.25) is 0 Å². The molecule has 0 saturated heterocycles. The summed E-state index contributed by atoms with van der Waals surface area (Å²) in [7, 11) is 1.91. The molecule has 0 atom stereocenters. The zero-order valence-electron chi connectivity index (χ0n) is 10.6. The monoisotopic (exact) mass is 295 g/mol. The normalized spacial score (nSPS) is 10.5. The number of halogens is 2. The maximum Gasteiger partial charge on any atom is 0.124 e. The molecule has 0 amide bonds. The summed E-state index contributed by atoms with van der Waals surface area (Å²) in [5, 5.41) is 4.22. The van der Waals surface area contributed by atoms with Crippen molar-refractivity contribution >= 4 is 23.2 Å². The molecule has 4 heteroatoms. The molecular formula is C15H15Cl2NO. The third kappa shape index (κ3) is 3.87. The van der Waals surface area contributed by atoms with Crippen molar-refractivity contribution in [2.24, 2.45) is 0 Å². The van der Waals surface area contributed by atoms with Crippen LogP contribution in [-0.2, 0) is 13.2 Å². The average Bonchev–Trinajstić information content (AvgIpc) is 2.42. The molecule has 0 aromatic heterocycles. The number of rotatable bonds is 5.